The first-order valence-corrected chi connectivity index (χ1v) is 4.37. The monoisotopic (exact) mass is 190 g/mol. The van der Waals surface area contributed by atoms with Crippen LogP contribution >= 0.6 is 0 Å². The summed E-state index contributed by atoms with van der Waals surface area (Å²) < 4.78 is 4.20. The second-order valence-electron chi connectivity index (χ2n) is 2.47. The highest BCUT2D eigenvalue weighted by Crippen LogP contribution is 1.89. The maximum atomic E-state index is 10.2. The van der Waals surface area contributed by atoms with E-state index < -0.39 is 11.9 Å². The summed E-state index contributed by atoms with van der Waals surface area (Å²) in [7, 11) is 1.23. The molecule has 0 aromatic rings. The van der Waals surface area contributed by atoms with Gasteiger partial charge in [-0.05, 0) is 0 Å². The topological polar surface area (TPSA) is 63.6 Å². The van der Waals surface area contributed by atoms with Crippen LogP contribution in [-0.2, 0) is 14.3 Å². The fourth-order valence-electron chi connectivity index (χ4n) is 0.311. The predicted molar refractivity (Wildman–Crippen MR) is 49.5 cm³/mol. The SMILES string of the molecule is CCCC.COC(=O)CCC(=O)O. The summed E-state index contributed by atoms with van der Waals surface area (Å²) in [5.41, 5.74) is 0. The summed E-state index contributed by atoms with van der Waals surface area (Å²) in [6.45, 7) is 4.36. The van der Waals surface area contributed by atoms with Gasteiger partial charge in [0.05, 0.1) is 20.0 Å². The van der Waals surface area contributed by atoms with Crippen LogP contribution in [-0.4, -0.2) is 24.2 Å². The fraction of sp³-hybridized carbons (Fsp3) is 0.778. The lowest BCUT2D eigenvalue weighted by Gasteiger charge is -1.92. The number of ether oxygens (including phenoxy) is 1. The Kier molecular flexibility index (Phi) is 12.2. The first kappa shape index (κ1) is 14.5. The molecule has 0 rings (SSSR count). The molecular weight excluding hydrogens is 172 g/mol. The van der Waals surface area contributed by atoms with Gasteiger partial charge in [0.15, 0.2) is 0 Å². The number of rotatable bonds is 4. The Morgan fingerprint density at radius 2 is 1.62 bits per heavy atom. The summed E-state index contributed by atoms with van der Waals surface area (Å²) >= 11 is 0. The average Bonchev–Trinajstić information content (AvgIpc) is 2.14. The normalized spacial score (nSPS) is 8.23. The predicted octanol–water partition coefficient (Wildman–Crippen LogP) is 1.83. The van der Waals surface area contributed by atoms with Crippen molar-refractivity contribution in [2.75, 3.05) is 7.11 Å². The van der Waals surface area contributed by atoms with Crippen molar-refractivity contribution in [1.82, 2.24) is 0 Å². The highest BCUT2D eigenvalue weighted by Gasteiger charge is 2.02. The molecular formula is C9H18O4. The van der Waals surface area contributed by atoms with Crippen LogP contribution in [0.4, 0.5) is 0 Å². The molecule has 0 aliphatic rings. The van der Waals surface area contributed by atoms with E-state index in [1.807, 2.05) is 0 Å². The number of esters is 1. The van der Waals surface area contributed by atoms with Gasteiger partial charge in [-0.2, -0.15) is 0 Å². The first-order valence-electron chi connectivity index (χ1n) is 4.37. The summed E-state index contributed by atoms with van der Waals surface area (Å²) in [6, 6.07) is 0. The van der Waals surface area contributed by atoms with E-state index in [1.54, 1.807) is 0 Å². The number of hydrogen-bond donors (Lipinski definition) is 1. The minimum atomic E-state index is -0.986. The Morgan fingerprint density at radius 3 is 1.85 bits per heavy atom. The third-order valence-electron chi connectivity index (χ3n) is 1.27. The molecule has 4 heteroatoms. The molecule has 0 saturated carbocycles. The Bertz CT molecular complexity index is 141. The van der Waals surface area contributed by atoms with Crippen molar-refractivity contribution in [3.05, 3.63) is 0 Å². The molecule has 0 spiro atoms. The van der Waals surface area contributed by atoms with Gasteiger partial charge < -0.3 is 9.84 Å². The Labute approximate surface area is 78.9 Å². The minimum Gasteiger partial charge on any atom is -0.481 e. The second kappa shape index (κ2) is 10.9. The molecule has 4 nitrogen and oxygen atoms in total. The minimum absolute atomic E-state index is 0.0498. The highest BCUT2D eigenvalue weighted by molar-refractivity contribution is 5.76. The first-order chi connectivity index (χ1) is 6.08. The van der Waals surface area contributed by atoms with Crippen LogP contribution in [0.15, 0.2) is 0 Å². The van der Waals surface area contributed by atoms with Crippen LogP contribution < -0.4 is 0 Å². The van der Waals surface area contributed by atoms with Crippen molar-refractivity contribution in [3.63, 3.8) is 0 Å². The van der Waals surface area contributed by atoms with Gasteiger partial charge in [-0.3, -0.25) is 9.59 Å². The molecule has 13 heavy (non-hydrogen) atoms. The molecule has 0 aromatic heterocycles. The van der Waals surface area contributed by atoms with E-state index in [4.69, 9.17) is 5.11 Å². The van der Waals surface area contributed by atoms with Crippen LogP contribution in [0.5, 0.6) is 0 Å². The smallest absolute Gasteiger partial charge is 0.306 e. The lowest BCUT2D eigenvalue weighted by molar-refractivity contribution is -0.145. The van der Waals surface area contributed by atoms with E-state index >= 15 is 0 Å². The summed E-state index contributed by atoms with van der Waals surface area (Å²) in [4.78, 5) is 20.0. The van der Waals surface area contributed by atoms with E-state index in [-0.39, 0.29) is 12.8 Å². The van der Waals surface area contributed by atoms with Gasteiger partial charge in [0.25, 0.3) is 0 Å². The number of methoxy groups -OCH3 is 1. The van der Waals surface area contributed by atoms with Crippen molar-refractivity contribution in [3.8, 4) is 0 Å². The summed E-state index contributed by atoms with van der Waals surface area (Å²) in [6.07, 6.45) is 2.43. The lowest BCUT2D eigenvalue weighted by Crippen LogP contribution is -2.04. The second-order valence-corrected chi connectivity index (χ2v) is 2.47. The molecule has 0 aliphatic carbocycles. The lowest BCUT2D eigenvalue weighted by atomic mass is 10.3. The highest BCUT2D eigenvalue weighted by atomic mass is 16.5. The molecule has 0 atom stereocenters. The maximum absolute atomic E-state index is 10.2. The van der Waals surface area contributed by atoms with Gasteiger partial charge in [0.2, 0.25) is 0 Å². The quantitative estimate of drug-likeness (QED) is 0.687. The molecule has 0 aromatic carbocycles. The van der Waals surface area contributed by atoms with Crippen LogP contribution in [0, 0.1) is 0 Å². The third kappa shape index (κ3) is 18.2. The zero-order chi connectivity index (χ0) is 10.7. The van der Waals surface area contributed by atoms with E-state index in [1.165, 1.54) is 20.0 Å². The van der Waals surface area contributed by atoms with Crippen LogP contribution in [0.3, 0.4) is 0 Å². The van der Waals surface area contributed by atoms with Crippen LogP contribution in [0.2, 0.25) is 0 Å². The molecule has 78 valence electrons. The number of carboxylic acid groups (broad SMARTS) is 1. The van der Waals surface area contributed by atoms with Crippen molar-refractivity contribution in [2.45, 2.75) is 39.5 Å². The molecule has 0 aliphatic heterocycles. The molecule has 0 unspecified atom stereocenters. The van der Waals surface area contributed by atoms with E-state index in [2.05, 4.69) is 18.6 Å². The van der Waals surface area contributed by atoms with Gasteiger partial charge in [-0.1, -0.05) is 26.7 Å². The van der Waals surface area contributed by atoms with Gasteiger partial charge in [-0.15, -0.1) is 0 Å². The van der Waals surface area contributed by atoms with E-state index in [9.17, 15) is 9.59 Å². The fourth-order valence-corrected chi connectivity index (χ4v) is 0.311. The van der Waals surface area contributed by atoms with Gasteiger partial charge >= 0.3 is 11.9 Å². The van der Waals surface area contributed by atoms with Crippen LogP contribution in [0.25, 0.3) is 0 Å². The number of unbranched alkanes of at least 4 members (excludes halogenated alkanes) is 1. The number of hydrogen-bond acceptors (Lipinski definition) is 3. The zero-order valence-corrected chi connectivity index (χ0v) is 8.50. The summed E-state index contributed by atoms with van der Waals surface area (Å²) in [5.74, 6) is -1.47. The number of carbonyl (C=O) groups is 2. The third-order valence-corrected chi connectivity index (χ3v) is 1.27. The van der Waals surface area contributed by atoms with Crippen molar-refractivity contribution < 1.29 is 19.4 Å². The zero-order valence-electron chi connectivity index (χ0n) is 8.50. The molecule has 0 fully saturated rings. The molecule has 0 bridgehead atoms. The number of carboxylic acids is 1. The molecule has 1 N–H and O–H groups in total. The number of carbonyl (C=O) groups excluding carboxylic acids is 1. The Balaban J connectivity index is 0. The molecule has 0 amide bonds. The van der Waals surface area contributed by atoms with Crippen molar-refractivity contribution in [2.24, 2.45) is 0 Å². The molecule has 0 heterocycles. The van der Waals surface area contributed by atoms with Gasteiger partial charge in [-0.25, -0.2) is 0 Å². The average molecular weight is 190 g/mol. The van der Waals surface area contributed by atoms with Crippen LogP contribution in [0.1, 0.15) is 39.5 Å². The van der Waals surface area contributed by atoms with Crippen molar-refractivity contribution in [1.29, 1.82) is 0 Å². The summed E-state index contributed by atoms with van der Waals surface area (Å²) in [5, 5.41) is 8.05. The van der Waals surface area contributed by atoms with E-state index in [0.29, 0.717) is 0 Å². The van der Waals surface area contributed by atoms with Crippen molar-refractivity contribution >= 4 is 11.9 Å². The Hall–Kier alpha value is -1.06. The maximum Gasteiger partial charge on any atom is 0.306 e. The Morgan fingerprint density at radius 1 is 1.15 bits per heavy atom. The molecule has 0 saturated heterocycles. The number of aliphatic carboxylic acids is 1. The largest absolute Gasteiger partial charge is 0.481 e. The standard InChI is InChI=1S/C5H8O4.C4H10/c1-9-5(8)3-2-4(6)7;1-3-4-2/h2-3H2,1H3,(H,6,7);3-4H2,1-2H3. The van der Waals surface area contributed by atoms with E-state index in [0.717, 1.165) is 0 Å². The molecule has 0 radical (unpaired) electrons. The van der Waals surface area contributed by atoms with Gasteiger partial charge in [0.1, 0.15) is 0 Å². The van der Waals surface area contributed by atoms with Gasteiger partial charge in [0, 0.05) is 0 Å².